The van der Waals surface area contributed by atoms with Crippen LogP contribution < -0.4 is 0 Å². The van der Waals surface area contributed by atoms with E-state index in [0.717, 1.165) is 19.5 Å². The lowest BCUT2D eigenvalue weighted by Gasteiger charge is -2.20. The molecule has 0 aliphatic rings. The number of rotatable bonds is 7. The first kappa shape index (κ1) is 12.8. The summed E-state index contributed by atoms with van der Waals surface area (Å²) in [7, 11) is 6.04. The van der Waals surface area contributed by atoms with Crippen LogP contribution in [0.4, 0.5) is 0 Å². The highest BCUT2D eigenvalue weighted by Gasteiger charge is 2.05. The van der Waals surface area contributed by atoms with Crippen molar-refractivity contribution in [3.05, 3.63) is 0 Å². The van der Waals surface area contributed by atoms with Crippen molar-refractivity contribution >= 4 is 0 Å². The zero-order valence-electron chi connectivity index (χ0n) is 8.90. The first-order valence-corrected chi connectivity index (χ1v) is 4.68. The highest BCUT2D eigenvalue weighted by Crippen LogP contribution is 1.92. The van der Waals surface area contributed by atoms with Crippen LogP contribution in [-0.4, -0.2) is 73.5 Å². The number of nitrogens with zero attached hydrogens (tertiary/aromatic N) is 2. The Kier molecular flexibility index (Phi) is 7.17. The van der Waals surface area contributed by atoms with Gasteiger partial charge >= 0.3 is 0 Å². The second-order valence-corrected chi connectivity index (χ2v) is 3.76. The Labute approximate surface area is 80.8 Å². The van der Waals surface area contributed by atoms with Crippen molar-refractivity contribution in [2.75, 3.05) is 47.4 Å². The van der Waals surface area contributed by atoms with E-state index in [9.17, 15) is 0 Å². The summed E-state index contributed by atoms with van der Waals surface area (Å²) in [6.07, 6.45) is 0.478. The number of hydrogen-bond donors (Lipinski definition) is 2. The molecular weight excluding hydrogens is 168 g/mol. The fourth-order valence-electron chi connectivity index (χ4n) is 1.17. The molecule has 0 fully saturated rings. The molecule has 0 radical (unpaired) electrons. The molecular formula is C9H22N2O2. The van der Waals surface area contributed by atoms with Crippen LogP contribution in [0.5, 0.6) is 0 Å². The second kappa shape index (κ2) is 7.26. The van der Waals surface area contributed by atoms with Gasteiger partial charge in [-0.15, -0.1) is 0 Å². The van der Waals surface area contributed by atoms with E-state index in [4.69, 9.17) is 10.2 Å². The quantitative estimate of drug-likeness (QED) is 0.553. The van der Waals surface area contributed by atoms with Crippen LogP contribution in [0, 0.1) is 0 Å². The Morgan fingerprint density at radius 1 is 1.15 bits per heavy atom. The summed E-state index contributed by atoms with van der Waals surface area (Å²) in [6.45, 7) is 2.40. The lowest BCUT2D eigenvalue weighted by molar-refractivity contribution is 0.0659. The molecule has 0 amide bonds. The third-order valence-electron chi connectivity index (χ3n) is 1.88. The topological polar surface area (TPSA) is 46.9 Å². The molecule has 80 valence electrons. The largest absolute Gasteiger partial charge is 0.394 e. The molecule has 0 aromatic heterocycles. The van der Waals surface area contributed by atoms with Crippen LogP contribution in [0.2, 0.25) is 0 Å². The van der Waals surface area contributed by atoms with Crippen LogP contribution in [0.1, 0.15) is 6.42 Å². The third kappa shape index (κ3) is 8.18. The van der Waals surface area contributed by atoms with E-state index in [2.05, 4.69) is 4.90 Å². The molecule has 0 rings (SSSR count). The van der Waals surface area contributed by atoms with Gasteiger partial charge in [0.1, 0.15) is 0 Å². The van der Waals surface area contributed by atoms with Crippen molar-refractivity contribution in [2.45, 2.75) is 12.5 Å². The van der Waals surface area contributed by atoms with Crippen molar-refractivity contribution < 1.29 is 10.2 Å². The minimum atomic E-state index is -0.607. The Hall–Kier alpha value is -0.160. The van der Waals surface area contributed by atoms with Crippen LogP contribution in [-0.2, 0) is 0 Å². The SMILES string of the molecule is CN(C)CCCN(C)CC(O)CO. The first-order valence-electron chi connectivity index (χ1n) is 4.68. The van der Waals surface area contributed by atoms with Gasteiger partial charge in [-0.1, -0.05) is 0 Å². The average Bonchev–Trinajstić information content (AvgIpc) is 2.03. The lowest BCUT2D eigenvalue weighted by atomic mass is 10.3. The summed E-state index contributed by atoms with van der Waals surface area (Å²) >= 11 is 0. The van der Waals surface area contributed by atoms with Crippen LogP contribution >= 0.6 is 0 Å². The molecule has 1 atom stereocenters. The molecule has 0 aromatic rings. The fourth-order valence-corrected chi connectivity index (χ4v) is 1.17. The van der Waals surface area contributed by atoms with E-state index in [1.165, 1.54) is 0 Å². The Morgan fingerprint density at radius 3 is 2.23 bits per heavy atom. The zero-order chi connectivity index (χ0) is 10.3. The van der Waals surface area contributed by atoms with Gasteiger partial charge < -0.3 is 20.0 Å². The van der Waals surface area contributed by atoms with E-state index in [1.807, 2.05) is 26.0 Å². The van der Waals surface area contributed by atoms with Gasteiger partial charge in [0, 0.05) is 6.54 Å². The molecule has 0 bridgehead atoms. The molecule has 0 spiro atoms. The molecule has 0 aliphatic carbocycles. The maximum Gasteiger partial charge on any atom is 0.0897 e. The van der Waals surface area contributed by atoms with Crippen molar-refractivity contribution in [1.29, 1.82) is 0 Å². The number of hydrogen-bond acceptors (Lipinski definition) is 4. The summed E-state index contributed by atoms with van der Waals surface area (Å²) in [5.41, 5.74) is 0. The molecule has 0 heterocycles. The predicted molar refractivity (Wildman–Crippen MR) is 53.8 cm³/mol. The average molecular weight is 190 g/mol. The van der Waals surface area contributed by atoms with E-state index in [0.29, 0.717) is 6.54 Å². The number of likely N-dealkylation sites (N-methyl/N-ethyl adjacent to an activating group) is 1. The molecule has 2 N–H and O–H groups in total. The summed E-state index contributed by atoms with van der Waals surface area (Å²) in [6, 6.07) is 0. The molecule has 4 heteroatoms. The molecule has 13 heavy (non-hydrogen) atoms. The monoisotopic (exact) mass is 190 g/mol. The van der Waals surface area contributed by atoms with Gasteiger partial charge in [0.15, 0.2) is 0 Å². The maximum absolute atomic E-state index is 9.13. The molecule has 0 aromatic carbocycles. The van der Waals surface area contributed by atoms with Crippen LogP contribution in [0.25, 0.3) is 0 Å². The van der Waals surface area contributed by atoms with E-state index in [1.54, 1.807) is 0 Å². The smallest absolute Gasteiger partial charge is 0.0897 e. The summed E-state index contributed by atoms with van der Waals surface area (Å²) < 4.78 is 0. The molecule has 0 saturated heterocycles. The standard InChI is InChI=1S/C9H22N2O2/c1-10(2)5-4-6-11(3)7-9(13)8-12/h9,12-13H,4-8H2,1-3H3. The highest BCUT2D eigenvalue weighted by molar-refractivity contribution is 4.60. The second-order valence-electron chi connectivity index (χ2n) is 3.76. The van der Waals surface area contributed by atoms with E-state index in [-0.39, 0.29) is 6.61 Å². The first-order chi connectivity index (χ1) is 6.06. The summed E-state index contributed by atoms with van der Waals surface area (Å²) in [5, 5.41) is 17.7. The highest BCUT2D eigenvalue weighted by atomic mass is 16.3. The molecule has 4 nitrogen and oxygen atoms in total. The summed E-state index contributed by atoms with van der Waals surface area (Å²) in [5.74, 6) is 0. The Balaban J connectivity index is 3.34. The number of aliphatic hydroxyl groups excluding tert-OH is 2. The van der Waals surface area contributed by atoms with Gasteiger partial charge in [0.25, 0.3) is 0 Å². The molecule has 1 unspecified atom stereocenters. The Morgan fingerprint density at radius 2 is 1.77 bits per heavy atom. The van der Waals surface area contributed by atoms with Crippen molar-refractivity contribution in [1.82, 2.24) is 9.80 Å². The van der Waals surface area contributed by atoms with Gasteiger partial charge in [0.05, 0.1) is 12.7 Å². The van der Waals surface area contributed by atoms with E-state index >= 15 is 0 Å². The Bertz CT molecular complexity index is 120. The van der Waals surface area contributed by atoms with Crippen molar-refractivity contribution in [3.63, 3.8) is 0 Å². The predicted octanol–water partition coefficient (Wildman–Crippen LogP) is -0.777. The zero-order valence-corrected chi connectivity index (χ0v) is 8.90. The third-order valence-corrected chi connectivity index (χ3v) is 1.88. The van der Waals surface area contributed by atoms with Gasteiger partial charge in [0.2, 0.25) is 0 Å². The summed E-state index contributed by atoms with van der Waals surface area (Å²) in [4.78, 5) is 4.17. The maximum atomic E-state index is 9.13. The minimum absolute atomic E-state index is 0.155. The van der Waals surface area contributed by atoms with Crippen molar-refractivity contribution in [3.8, 4) is 0 Å². The van der Waals surface area contributed by atoms with Crippen LogP contribution in [0.15, 0.2) is 0 Å². The molecule has 0 saturated carbocycles. The van der Waals surface area contributed by atoms with Crippen molar-refractivity contribution in [2.24, 2.45) is 0 Å². The van der Waals surface area contributed by atoms with Gasteiger partial charge in [-0.3, -0.25) is 0 Å². The normalized spacial score (nSPS) is 14.1. The van der Waals surface area contributed by atoms with E-state index < -0.39 is 6.10 Å². The fraction of sp³-hybridized carbons (Fsp3) is 1.00. The number of aliphatic hydroxyl groups is 2. The van der Waals surface area contributed by atoms with Gasteiger partial charge in [-0.2, -0.15) is 0 Å². The minimum Gasteiger partial charge on any atom is -0.394 e. The van der Waals surface area contributed by atoms with Gasteiger partial charge in [-0.25, -0.2) is 0 Å². The molecule has 0 aliphatic heterocycles. The van der Waals surface area contributed by atoms with Crippen LogP contribution in [0.3, 0.4) is 0 Å². The van der Waals surface area contributed by atoms with Gasteiger partial charge in [-0.05, 0) is 40.7 Å². The lowest BCUT2D eigenvalue weighted by Crippen LogP contribution is -2.33.